The summed E-state index contributed by atoms with van der Waals surface area (Å²) in [6, 6.07) is 7.66. The standard InChI is InChI=1S/C16H14Cl2N2O4/c1-9(24-16(22)13-7-10(17)5-6-19-13)15(21)20-11-3-4-14(23-2)12(18)8-11/h3-9H,1-2H3,(H,20,21)/t9-/m1/s1. The lowest BCUT2D eigenvalue weighted by atomic mass is 10.2. The molecule has 0 unspecified atom stereocenters. The van der Waals surface area contributed by atoms with Gasteiger partial charge >= 0.3 is 5.97 Å². The van der Waals surface area contributed by atoms with Crippen LogP contribution >= 0.6 is 23.2 Å². The van der Waals surface area contributed by atoms with Crippen molar-refractivity contribution in [2.24, 2.45) is 0 Å². The van der Waals surface area contributed by atoms with Crippen molar-refractivity contribution in [2.75, 3.05) is 12.4 Å². The first-order valence-electron chi connectivity index (χ1n) is 6.87. The number of esters is 1. The summed E-state index contributed by atoms with van der Waals surface area (Å²) in [5.74, 6) is -0.763. The number of methoxy groups -OCH3 is 1. The van der Waals surface area contributed by atoms with E-state index in [1.54, 1.807) is 12.1 Å². The van der Waals surface area contributed by atoms with E-state index in [1.165, 1.54) is 38.4 Å². The second-order valence-electron chi connectivity index (χ2n) is 4.75. The molecule has 6 nitrogen and oxygen atoms in total. The number of benzene rings is 1. The first-order chi connectivity index (χ1) is 11.4. The van der Waals surface area contributed by atoms with E-state index in [0.29, 0.717) is 21.5 Å². The normalized spacial score (nSPS) is 11.5. The molecule has 0 saturated heterocycles. The molecule has 0 aliphatic rings. The third-order valence-corrected chi connectivity index (χ3v) is 3.53. The monoisotopic (exact) mass is 368 g/mol. The van der Waals surface area contributed by atoms with Gasteiger partial charge < -0.3 is 14.8 Å². The van der Waals surface area contributed by atoms with E-state index in [4.69, 9.17) is 32.7 Å². The first kappa shape index (κ1) is 18.0. The minimum absolute atomic E-state index is 0.0228. The fourth-order valence-corrected chi connectivity index (χ4v) is 2.20. The van der Waals surface area contributed by atoms with Gasteiger partial charge in [-0.05, 0) is 37.3 Å². The average Bonchev–Trinajstić information content (AvgIpc) is 2.55. The third-order valence-electron chi connectivity index (χ3n) is 3.00. The molecule has 126 valence electrons. The van der Waals surface area contributed by atoms with Crippen LogP contribution in [0.3, 0.4) is 0 Å². The van der Waals surface area contributed by atoms with Gasteiger partial charge in [-0.1, -0.05) is 23.2 Å². The summed E-state index contributed by atoms with van der Waals surface area (Å²) in [7, 11) is 1.49. The minimum atomic E-state index is -1.03. The van der Waals surface area contributed by atoms with Crippen LogP contribution in [-0.2, 0) is 9.53 Å². The molecule has 0 fully saturated rings. The Hall–Kier alpha value is -2.31. The molecule has 1 heterocycles. The Morgan fingerprint density at radius 2 is 1.96 bits per heavy atom. The number of hydrogen-bond acceptors (Lipinski definition) is 5. The number of halogens is 2. The Morgan fingerprint density at radius 3 is 2.58 bits per heavy atom. The van der Waals surface area contributed by atoms with Crippen LogP contribution in [0.1, 0.15) is 17.4 Å². The van der Waals surface area contributed by atoms with Crippen molar-refractivity contribution < 1.29 is 19.1 Å². The van der Waals surface area contributed by atoms with Gasteiger partial charge in [-0.25, -0.2) is 9.78 Å². The van der Waals surface area contributed by atoms with E-state index >= 15 is 0 Å². The van der Waals surface area contributed by atoms with Gasteiger partial charge in [-0.3, -0.25) is 4.79 Å². The van der Waals surface area contributed by atoms with Gasteiger partial charge in [0, 0.05) is 16.9 Å². The van der Waals surface area contributed by atoms with Gasteiger partial charge in [0.2, 0.25) is 0 Å². The molecule has 2 rings (SSSR count). The number of nitrogens with zero attached hydrogens (tertiary/aromatic N) is 1. The second kappa shape index (κ2) is 7.99. The lowest BCUT2D eigenvalue weighted by molar-refractivity contribution is -0.123. The summed E-state index contributed by atoms with van der Waals surface area (Å²) in [6.07, 6.45) is 0.349. The number of hydrogen-bond donors (Lipinski definition) is 1. The number of carbonyl (C=O) groups is 2. The Balaban J connectivity index is 1.99. The summed E-state index contributed by atoms with van der Waals surface area (Å²) in [4.78, 5) is 27.9. The van der Waals surface area contributed by atoms with Gasteiger partial charge in [0.25, 0.3) is 5.91 Å². The molecule has 2 aromatic rings. The largest absolute Gasteiger partial charge is 0.495 e. The van der Waals surface area contributed by atoms with Gasteiger partial charge in [-0.15, -0.1) is 0 Å². The Kier molecular flexibility index (Phi) is 6.00. The molecule has 0 aliphatic heterocycles. The quantitative estimate of drug-likeness (QED) is 0.816. The van der Waals surface area contributed by atoms with Crippen molar-refractivity contribution in [1.29, 1.82) is 0 Å². The van der Waals surface area contributed by atoms with Gasteiger partial charge in [0.15, 0.2) is 6.10 Å². The SMILES string of the molecule is COc1ccc(NC(=O)[C@@H](C)OC(=O)c2cc(Cl)ccn2)cc1Cl. The van der Waals surface area contributed by atoms with Crippen LogP contribution in [0, 0.1) is 0 Å². The number of pyridine rings is 1. The third kappa shape index (κ3) is 4.59. The van der Waals surface area contributed by atoms with Crippen LogP contribution < -0.4 is 10.1 Å². The van der Waals surface area contributed by atoms with E-state index in [2.05, 4.69) is 10.3 Å². The molecule has 1 atom stereocenters. The molecular weight excluding hydrogens is 355 g/mol. The predicted octanol–water partition coefficient (Wildman–Crippen LogP) is 3.58. The Labute approximate surface area is 148 Å². The predicted molar refractivity (Wildman–Crippen MR) is 90.8 cm³/mol. The van der Waals surface area contributed by atoms with Crippen LogP contribution in [0.15, 0.2) is 36.5 Å². The highest BCUT2D eigenvalue weighted by atomic mass is 35.5. The first-order valence-corrected chi connectivity index (χ1v) is 7.63. The summed E-state index contributed by atoms with van der Waals surface area (Å²) >= 11 is 11.8. The summed E-state index contributed by atoms with van der Waals surface area (Å²) < 4.78 is 10.1. The van der Waals surface area contributed by atoms with E-state index in [-0.39, 0.29) is 5.69 Å². The van der Waals surface area contributed by atoms with Crippen LogP contribution in [0.5, 0.6) is 5.75 Å². The van der Waals surface area contributed by atoms with Crippen molar-refractivity contribution in [2.45, 2.75) is 13.0 Å². The molecule has 1 amide bonds. The van der Waals surface area contributed by atoms with E-state index in [0.717, 1.165) is 0 Å². The molecule has 1 aromatic carbocycles. The fourth-order valence-electron chi connectivity index (χ4n) is 1.78. The smallest absolute Gasteiger partial charge is 0.357 e. The maximum absolute atomic E-state index is 12.1. The Morgan fingerprint density at radius 1 is 1.21 bits per heavy atom. The molecule has 1 aromatic heterocycles. The number of anilines is 1. The summed E-state index contributed by atoms with van der Waals surface area (Å²) in [6.45, 7) is 1.45. The zero-order valence-electron chi connectivity index (χ0n) is 12.9. The molecule has 0 radical (unpaired) electrons. The fraction of sp³-hybridized carbons (Fsp3) is 0.188. The van der Waals surface area contributed by atoms with Crippen molar-refractivity contribution in [3.05, 3.63) is 52.3 Å². The number of ether oxygens (including phenoxy) is 2. The van der Waals surface area contributed by atoms with Gasteiger partial charge in [0.1, 0.15) is 11.4 Å². The topological polar surface area (TPSA) is 77.5 Å². The molecule has 8 heteroatoms. The number of rotatable bonds is 5. The molecule has 24 heavy (non-hydrogen) atoms. The number of nitrogens with one attached hydrogen (secondary N) is 1. The maximum atomic E-state index is 12.1. The summed E-state index contributed by atoms with van der Waals surface area (Å²) in [5, 5.41) is 3.30. The van der Waals surface area contributed by atoms with Crippen LogP contribution in [-0.4, -0.2) is 30.1 Å². The number of carbonyl (C=O) groups excluding carboxylic acids is 2. The van der Waals surface area contributed by atoms with Crippen molar-refractivity contribution in [3.8, 4) is 5.75 Å². The van der Waals surface area contributed by atoms with Crippen LogP contribution in [0.2, 0.25) is 10.0 Å². The highest BCUT2D eigenvalue weighted by Gasteiger charge is 2.20. The Bertz CT molecular complexity index is 767. The summed E-state index contributed by atoms with van der Waals surface area (Å²) in [5.41, 5.74) is 0.476. The molecule has 0 bridgehead atoms. The highest BCUT2D eigenvalue weighted by molar-refractivity contribution is 6.32. The van der Waals surface area contributed by atoms with Crippen molar-refractivity contribution >= 4 is 40.8 Å². The van der Waals surface area contributed by atoms with Crippen LogP contribution in [0.25, 0.3) is 0 Å². The molecular formula is C16H14Cl2N2O4. The number of aromatic nitrogens is 1. The molecule has 0 aliphatic carbocycles. The van der Waals surface area contributed by atoms with Gasteiger partial charge in [0.05, 0.1) is 12.1 Å². The van der Waals surface area contributed by atoms with E-state index in [1.807, 2.05) is 0 Å². The van der Waals surface area contributed by atoms with E-state index in [9.17, 15) is 9.59 Å². The zero-order valence-corrected chi connectivity index (χ0v) is 14.4. The maximum Gasteiger partial charge on any atom is 0.357 e. The van der Waals surface area contributed by atoms with E-state index < -0.39 is 18.0 Å². The van der Waals surface area contributed by atoms with Crippen molar-refractivity contribution in [3.63, 3.8) is 0 Å². The van der Waals surface area contributed by atoms with Crippen LogP contribution in [0.4, 0.5) is 5.69 Å². The minimum Gasteiger partial charge on any atom is -0.495 e. The average molecular weight is 369 g/mol. The molecule has 1 N–H and O–H groups in total. The number of amides is 1. The van der Waals surface area contributed by atoms with Gasteiger partial charge in [-0.2, -0.15) is 0 Å². The lowest BCUT2D eigenvalue weighted by Crippen LogP contribution is -2.30. The molecule has 0 saturated carbocycles. The second-order valence-corrected chi connectivity index (χ2v) is 5.59. The zero-order chi connectivity index (χ0) is 17.7. The lowest BCUT2D eigenvalue weighted by Gasteiger charge is -2.14. The van der Waals surface area contributed by atoms with Crippen molar-refractivity contribution in [1.82, 2.24) is 4.98 Å². The highest BCUT2D eigenvalue weighted by Crippen LogP contribution is 2.27. The molecule has 0 spiro atoms.